The summed E-state index contributed by atoms with van der Waals surface area (Å²) in [6.45, 7) is 0. The Morgan fingerprint density at radius 3 is 1.67 bits per heavy atom. The number of hydrogen-bond acceptors (Lipinski definition) is 6. The number of aromatic nitrogens is 2. The van der Waals surface area contributed by atoms with Crippen molar-refractivity contribution in [2.24, 2.45) is 0 Å². The number of para-hydroxylation sites is 2. The van der Waals surface area contributed by atoms with Gasteiger partial charge < -0.3 is 17.7 Å². The van der Waals surface area contributed by atoms with Gasteiger partial charge in [-0.05, 0) is 82.9 Å². The summed E-state index contributed by atoms with van der Waals surface area (Å²) in [6.07, 6.45) is 0. The third-order valence-electron chi connectivity index (χ3n) is 11.5. The van der Waals surface area contributed by atoms with E-state index >= 15 is 0 Å². The molecule has 0 aliphatic rings. The van der Waals surface area contributed by atoms with Crippen LogP contribution in [0.15, 0.2) is 188 Å². The molecule has 0 atom stereocenters. The van der Waals surface area contributed by atoms with Crippen LogP contribution in [0.3, 0.4) is 0 Å². The van der Waals surface area contributed by atoms with E-state index < -0.39 is 0 Å². The Bertz CT molecular complexity index is 3810. The van der Waals surface area contributed by atoms with E-state index in [-0.39, 0.29) is 0 Å². The predicted octanol–water partition coefficient (Wildman–Crippen LogP) is 14.7. The molecule has 0 saturated carbocycles. The monoisotopic (exact) mass is 744 g/mol. The van der Waals surface area contributed by atoms with Crippen LogP contribution in [-0.4, -0.2) is 9.97 Å². The van der Waals surface area contributed by atoms with Gasteiger partial charge in [-0.1, -0.05) is 109 Å². The van der Waals surface area contributed by atoms with Crippen LogP contribution in [0.2, 0.25) is 0 Å². The normalized spacial score (nSPS) is 12.1. The summed E-state index contributed by atoms with van der Waals surface area (Å²) in [5.74, 6) is 0.576. The zero-order valence-electron chi connectivity index (χ0n) is 30.7. The summed E-state index contributed by atoms with van der Waals surface area (Å²) < 4.78 is 25.8. The van der Waals surface area contributed by atoms with Gasteiger partial charge in [-0.3, -0.25) is 0 Å². The highest BCUT2D eigenvalue weighted by Gasteiger charge is 2.24. The van der Waals surface area contributed by atoms with Gasteiger partial charge in [-0.25, -0.2) is 9.97 Å². The molecular weight excluding hydrogens is 717 g/mol. The number of furan rings is 4. The van der Waals surface area contributed by atoms with E-state index in [0.29, 0.717) is 17.1 Å². The molecule has 0 aliphatic heterocycles. The molecule has 0 spiro atoms. The molecule has 13 rings (SSSR count). The van der Waals surface area contributed by atoms with E-state index in [1.54, 1.807) is 0 Å². The molecule has 6 nitrogen and oxygen atoms in total. The van der Waals surface area contributed by atoms with Gasteiger partial charge in [0.25, 0.3) is 0 Å². The van der Waals surface area contributed by atoms with E-state index in [0.717, 1.165) is 116 Å². The van der Waals surface area contributed by atoms with Crippen molar-refractivity contribution >= 4 is 87.9 Å². The second kappa shape index (κ2) is 11.8. The van der Waals surface area contributed by atoms with Crippen molar-refractivity contribution in [1.29, 1.82) is 0 Å². The van der Waals surface area contributed by atoms with Crippen molar-refractivity contribution in [3.8, 4) is 44.9 Å². The molecule has 5 heterocycles. The Hall–Kier alpha value is -7.96. The van der Waals surface area contributed by atoms with Gasteiger partial charge in [0.05, 0.1) is 0 Å². The van der Waals surface area contributed by atoms with Crippen molar-refractivity contribution in [3.05, 3.63) is 170 Å². The fraction of sp³-hybridized carbons (Fsp3) is 0. The molecule has 5 aromatic heterocycles. The molecule has 0 aliphatic carbocycles. The molecule has 0 saturated heterocycles. The first-order valence-corrected chi connectivity index (χ1v) is 19.3. The number of benzene rings is 8. The van der Waals surface area contributed by atoms with E-state index in [2.05, 4.69) is 91.0 Å². The zero-order chi connectivity index (χ0) is 37.9. The van der Waals surface area contributed by atoms with Crippen LogP contribution in [0.5, 0.6) is 0 Å². The van der Waals surface area contributed by atoms with Gasteiger partial charge in [-0.2, -0.15) is 0 Å². The molecule has 13 aromatic rings. The lowest BCUT2D eigenvalue weighted by Gasteiger charge is -2.09. The highest BCUT2D eigenvalue weighted by atomic mass is 16.3. The average Bonchev–Trinajstić information content (AvgIpc) is 4.05. The van der Waals surface area contributed by atoms with Crippen LogP contribution in [0.1, 0.15) is 0 Å². The molecule has 6 heteroatoms. The number of nitrogens with zero attached hydrogens (tertiary/aromatic N) is 2. The molecule has 0 bridgehead atoms. The highest BCUT2D eigenvalue weighted by Crippen LogP contribution is 2.44. The summed E-state index contributed by atoms with van der Waals surface area (Å²) >= 11 is 0. The Labute approximate surface area is 329 Å². The van der Waals surface area contributed by atoms with E-state index in [9.17, 15) is 0 Å². The molecule has 58 heavy (non-hydrogen) atoms. The Kier molecular flexibility index (Phi) is 6.35. The standard InChI is InChI=1S/C52H28N2O4/c1-2-10-29(11-3-1)32-20-23-35-46(28-32)58-51-49(35)53-52(54-50(51)36-14-8-18-44-47(36)34-13-5-7-17-41(34)56-44)37-15-9-19-45-48(37)39-27-31(22-25-43(39)57-45)30-21-24-42-38(26-30)33-12-4-6-16-40(33)55-42/h1-28H. The molecular formula is C52H28N2O4. The van der Waals surface area contributed by atoms with Crippen LogP contribution >= 0.6 is 0 Å². The number of hydrogen-bond donors (Lipinski definition) is 0. The maximum Gasteiger partial charge on any atom is 0.180 e. The first kappa shape index (κ1) is 31.3. The van der Waals surface area contributed by atoms with Crippen LogP contribution < -0.4 is 0 Å². The quantitative estimate of drug-likeness (QED) is 0.179. The smallest absolute Gasteiger partial charge is 0.180 e. The zero-order valence-corrected chi connectivity index (χ0v) is 30.7. The third kappa shape index (κ3) is 4.54. The molecule has 8 aromatic carbocycles. The van der Waals surface area contributed by atoms with Crippen LogP contribution in [-0.2, 0) is 0 Å². The first-order chi connectivity index (χ1) is 28.7. The number of fused-ring (bicyclic) bond motifs is 12. The second-order valence-electron chi connectivity index (χ2n) is 14.8. The van der Waals surface area contributed by atoms with Crippen molar-refractivity contribution in [3.63, 3.8) is 0 Å². The van der Waals surface area contributed by atoms with Crippen molar-refractivity contribution < 1.29 is 17.7 Å². The maximum absolute atomic E-state index is 6.81. The molecule has 0 amide bonds. The second-order valence-corrected chi connectivity index (χ2v) is 14.8. The van der Waals surface area contributed by atoms with Crippen LogP contribution in [0.25, 0.3) is 133 Å². The Balaban J connectivity index is 1.07. The lowest BCUT2D eigenvalue weighted by molar-refractivity contribution is 0.667. The summed E-state index contributed by atoms with van der Waals surface area (Å²) in [4.78, 5) is 10.8. The largest absolute Gasteiger partial charge is 0.456 e. The van der Waals surface area contributed by atoms with Crippen molar-refractivity contribution in [2.45, 2.75) is 0 Å². The lowest BCUT2D eigenvalue weighted by Crippen LogP contribution is -1.95. The van der Waals surface area contributed by atoms with Crippen molar-refractivity contribution in [1.82, 2.24) is 9.97 Å². The topological polar surface area (TPSA) is 78.3 Å². The van der Waals surface area contributed by atoms with Crippen molar-refractivity contribution in [2.75, 3.05) is 0 Å². The molecule has 0 radical (unpaired) electrons. The fourth-order valence-corrected chi connectivity index (χ4v) is 8.83. The van der Waals surface area contributed by atoms with Crippen LogP contribution in [0, 0.1) is 0 Å². The van der Waals surface area contributed by atoms with Gasteiger partial charge in [0.1, 0.15) is 50.3 Å². The van der Waals surface area contributed by atoms with E-state index in [4.69, 9.17) is 27.6 Å². The minimum atomic E-state index is 0.576. The van der Waals surface area contributed by atoms with Gasteiger partial charge in [-0.15, -0.1) is 0 Å². The summed E-state index contributed by atoms with van der Waals surface area (Å²) in [7, 11) is 0. The van der Waals surface area contributed by atoms with Gasteiger partial charge in [0.15, 0.2) is 11.4 Å². The SMILES string of the molecule is c1ccc(-c2ccc3c(c2)oc2c(-c4cccc5oc6ccccc6c45)nc(-c4cccc5oc6ccc(-c7ccc8oc9ccccc9c8c7)cc6c45)nc23)cc1. The lowest BCUT2D eigenvalue weighted by atomic mass is 9.99. The van der Waals surface area contributed by atoms with Gasteiger partial charge in [0, 0.05) is 48.8 Å². The van der Waals surface area contributed by atoms with Crippen LogP contribution in [0.4, 0.5) is 0 Å². The average molecular weight is 745 g/mol. The van der Waals surface area contributed by atoms with E-state index in [1.165, 1.54) is 0 Å². The van der Waals surface area contributed by atoms with Gasteiger partial charge in [0.2, 0.25) is 0 Å². The molecule has 0 fully saturated rings. The van der Waals surface area contributed by atoms with Gasteiger partial charge >= 0.3 is 0 Å². The minimum absolute atomic E-state index is 0.576. The Morgan fingerprint density at radius 1 is 0.310 bits per heavy atom. The number of rotatable bonds is 4. The molecule has 0 N–H and O–H groups in total. The molecule has 0 unspecified atom stereocenters. The fourth-order valence-electron chi connectivity index (χ4n) is 8.83. The summed E-state index contributed by atoms with van der Waals surface area (Å²) in [5.41, 5.74) is 13.8. The Morgan fingerprint density at radius 2 is 0.879 bits per heavy atom. The highest BCUT2D eigenvalue weighted by molar-refractivity contribution is 6.18. The maximum atomic E-state index is 6.81. The third-order valence-corrected chi connectivity index (χ3v) is 11.5. The summed E-state index contributed by atoms with van der Waals surface area (Å²) in [6, 6.07) is 58.0. The molecule has 270 valence electrons. The first-order valence-electron chi connectivity index (χ1n) is 19.3. The summed E-state index contributed by atoms with van der Waals surface area (Å²) in [5, 5.41) is 7.03. The van der Waals surface area contributed by atoms with E-state index in [1.807, 2.05) is 78.9 Å². The minimum Gasteiger partial charge on any atom is -0.456 e. The predicted molar refractivity (Wildman–Crippen MR) is 233 cm³/mol.